The molecule has 1 aromatic carbocycles. The molecule has 2 amide bonds. The van der Waals surface area contributed by atoms with Crippen LogP contribution in [0.3, 0.4) is 0 Å². The Morgan fingerprint density at radius 2 is 1.86 bits per heavy atom. The van der Waals surface area contributed by atoms with Crippen LogP contribution in [0, 0.1) is 13.8 Å². The van der Waals surface area contributed by atoms with Crippen molar-refractivity contribution in [3.8, 4) is 0 Å². The van der Waals surface area contributed by atoms with Gasteiger partial charge in [-0.1, -0.05) is 6.07 Å². The first kappa shape index (κ1) is 28.5. The number of rotatable bonds is 4. The number of benzene rings is 1. The van der Waals surface area contributed by atoms with Crippen LogP contribution in [-0.4, -0.2) is 52.1 Å². The van der Waals surface area contributed by atoms with Gasteiger partial charge in [0.25, 0.3) is 5.91 Å². The van der Waals surface area contributed by atoms with Gasteiger partial charge in [0, 0.05) is 48.5 Å². The molecule has 0 spiro atoms. The van der Waals surface area contributed by atoms with Crippen LogP contribution in [0.15, 0.2) is 39.6 Å². The molecule has 1 unspecified atom stereocenters. The summed E-state index contributed by atoms with van der Waals surface area (Å²) in [5, 5.41) is 2.78. The lowest BCUT2D eigenvalue weighted by Crippen LogP contribution is -2.29. The first-order chi connectivity index (χ1) is 17.1. The van der Waals surface area contributed by atoms with Crippen LogP contribution in [0.2, 0.25) is 0 Å². The largest absolute Gasteiger partial charge is 0.442 e. The van der Waals surface area contributed by atoms with E-state index in [0.29, 0.717) is 23.7 Å². The summed E-state index contributed by atoms with van der Waals surface area (Å²) in [7, 11) is -3.15. The quantitative estimate of drug-likeness (QED) is 0.517. The molecule has 0 radical (unpaired) electrons. The first-order valence-electron chi connectivity index (χ1n) is 12.0. The minimum absolute atomic E-state index is 0.0856. The van der Waals surface area contributed by atoms with Crippen LogP contribution in [0.4, 0.5) is 25.1 Å². The minimum atomic E-state index is -3.15. The van der Waals surface area contributed by atoms with Gasteiger partial charge in [0.15, 0.2) is 0 Å². The van der Waals surface area contributed by atoms with Crippen LogP contribution < -0.4 is 10.2 Å². The Morgan fingerprint density at radius 1 is 1.16 bits per heavy atom. The molecule has 1 N–H and O–H groups in total. The zero-order valence-electron chi connectivity index (χ0n) is 22.1. The second-order valence-electron chi connectivity index (χ2n) is 10.3. The molecule has 2 aromatic rings. The molecular weight excluding hydrogens is 502 g/mol. The number of hydrogen-bond donors (Lipinski definition) is 1. The Balaban J connectivity index is 1.89. The molecule has 1 atom stereocenters. The average Bonchev–Trinajstić information content (AvgIpc) is 2.94. The van der Waals surface area contributed by atoms with Gasteiger partial charge in [0.05, 0.1) is 15.3 Å². The number of pyridine rings is 1. The zero-order chi connectivity index (χ0) is 27.6. The number of alkyl halides is 2. The van der Waals surface area contributed by atoms with Gasteiger partial charge in [-0.25, -0.2) is 22.8 Å². The van der Waals surface area contributed by atoms with Gasteiger partial charge >= 0.3 is 6.09 Å². The summed E-state index contributed by atoms with van der Waals surface area (Å²) in [6, 6.07) is 7.93. The topological polar surface area (TPSA) is 101 Å². The highest BCUT2D eigenvalue weighted by Gasteiger charge is 2.33. The molecule has 1 aliphatic heterocycles. The van der Waals surface area contributed by atoms with Gasteiger partial charge in [0.1, 0.15) is 11.4 Å². The van der Waals surface area contributed by atoms with Crippen molar-refractivity contribution in [3.05, 3.63) is 47.2 Å². The molecule has 11 heteroatoms. The average molecular weight is 537 g/mol. The van der Waals surface area contributed by atoms with Gasteiger partial charge in [-0.2, -0.15) is 0 Å². The fourth-order valence-corrected chi connectivity index (χ4v) is 4.96. The Bertz CT molecular complexity index is 1310. The Morgan fingerprint density at radius 3 is 2.54 bits per heavy atom. The molecule has 2 heterocycles. The molecule has 8 nitrogen and oxygen atoms in total. The third-order valence-corrected chi connectivity index (χ3v) is 7.51. The van der Waals surface area contributed by atoms with Crippen LogP contribution in [-0.2, 0) is 14.5 Å². The number of aryl methyl sites for hydroxylation is 2. The minimum Gasteiger partial charge on any atom is -0.442 e. The maximum Gasteiger partial charge on any atom is 0.442 e. The van der Waals surface area contributed by atoms with Crippen LogP contribution in [0.1, 0.15) is 61.6 Å². The lowest BCUT2D eigenvalue weighted by atomic mass is 10.1. The molecule has 1 aliphatic rings. The molecule has 202 valence electrons. The number of carbonyl (C=O) groups is 2. The lowest BCUT2D eigenvalue weighted by Gasteiger charge is -2.25. The van der Waals surface area contributed by atoms with Gasteiger partial charge in [-0.3, -0.25) is 4.79 Å². The van der Waals surface area contributed by atoms with Gasteiger partial charge < -0.3 is 15.0 Å². The third kappa shape index (κ3) is 7.70. The summed E-state index contributed by atoms with van der Waals surface area (Å²) in [4.78, 5) is 32.0. The molecule has 37 heavy (non-hydrogen) atoms. The summed E-state index contributed by atoms with van der Waals surface area (Å²) in [5.41, 5.74) is 1.31. The summed E-state index contributed by atoms with van der Waals surface area (Å²) < 4.78 is 49.9. The second-order valence-corrected chi connectivity index (χ2v) is 12.6. The van der Waals surface area contributed by atoms with E-state index in [4.69, 9.17) is 4.74 Å². The number of anilines is 2. The van der Waals surface area contributed by atoms with Crippen molar-refractivity contribution in [1.82, 2.24) is 4.98 Å². The third-order valence-electron chi connectivity index (χ3n) is 5.88. The number of amides is 2. The predicted molar refractivity (Wildman–Crippen MR) is 140 cm³/mol. The number of aromatic nitrogens is 1. The van der Waals surface area contributed by atoms with Gasteiger partial charge in [-0.15, -0.1) is 4.36 Å². The van der Waals surface area contributed by atoms with Crippen LogP contribution in [0.25, 0.3) is 0 Å². The van der Waals surface area contributed by atoms with E-state index in [0.717, 1.165) is 5.56 Å². The SMILES string of the molecule is Cc1cc(C(=O)Nc2cccc(S(C)(=O)=NC(=O)OC(C)(C)C)c2)c(N2CCCC(F)(F)CC2)nc1C. The van der Waals surface area contributed by atoms with Crippen molar-refractivity contribution < 1.29 is 27.3 Å². The monoisotopic (exact) mass is 536 g/mol. The summed E-state index contributed by atoms with van der Waals surface area (Å²) in [5.74, 6) is -2.87. The smallest absolute Gasteiger partial charge is 0.442 e. The molecule has 0 saturated carbocycles. The Labute approximate surface area is 217 Å². The standard InChI is InChI=1S/C26H34F2N4O4S/c1-17-15-21(22(29-18(17)2)32-13-8-11-26(27,28)12-14-32)23(33)30-19-9-7-10-20(16-19)37(6,35)31-24(34)36-25(3,4)5/h7,9-10,15-16H,8,11-14H2,1-6H3,(H,30,33). The Hall–Kier alpha value is -3.08. The highest BCUT2D eigenvalue weighted by Crippen LogP contribution is 2.31. The summed E-state index contributed by atoms with van der Waals surface area (Å²) in [6.07, 6.45) is 0.155. The van der Waals surface area contributed by atoms with Crippen molar-refractivity contribution in [2.75, 3.05) is 29.6 Å². The van der Waals surface area contributed by atoms with E-state index in [2.05, 4.69) is 14.7 Å². The fraction of sp³-hybridized carbons (Fsp3) is 0.500. The number of hydrogen-bond acceptors (Lipinski definition) is 6. The molecular formula is C26H34F2N4O4S. The van der Waals surface area contributed by atoms with Gasteiger partial charge in [-0.05, 0) is 70.9 Å². The number of nitrogens with one attached hydrogen (secondary N) is 1. The Kier molecular flexibility index (Phi) is 8.26. The molecule has 1 fully saturated rings. The van der Waals surface area contributed by atoms with Crippen LogP contribution in [0.5, 0.6) is 0 Å². The van der Waals surface area contributed by atoms with Crippen molar-refractivity contribution in [3.63, 3.8) is 0 Å². The first-order valence-corrected chi connectivity index (χ1v) is 14.0. The molecule has 0 bridgehead atoms. The second kappa shape index (κ2) is 10.7. The predicted octanol–water partition coefficient (Wildman–Crippen LogP) is 5.97. The van der Waals surface area contributed by atoms with E-state index in [1.807, 2.05) is 13.8 Å². The van der Waals surface area contributed by atoms with E-state index in [-0.39, 0.29) is 36.3 Å². The molecule has 3 rings (SSSR count). The van der Waals surface area contributed by atoms with Crippen molar-refractivity contribution in [2.24, 2.45) is 4.36 Å². The maximum absolute atomic E-state index is 14.0. The lowest BCUT2D eigenvalue weighted by molar-refractivity contribution is -0.0102. The number of nitrogens with zero attached hydrogens (tertiary/aromatic N) is 3. The van der Waals surface area contributed by atoms with E-state index in [9.17, 15) is 22.6 Å². The number of ether oxygens (including phenoxy) is 1. The van der Waals surface area contributed by atoms with E-state index >= 15 is 0 Å². The molecule has 0 aliphatic carbocycles. The van der Waals surface area contributed by atoms with E-state index < -0.39 is 33.3 Å². The van der Waals surface area contributed by atoms with Crippen molar-refractivity contribution in [1.29, 1.82) is 0 Å². The molecule has 1 aromatic heterocycles. The normalized spacial score (nSPS) is 17.4. The van der Waals surface area contributed by atoms with Crippen molar-refractivity contribution in [2.45, 2.75) is 70.3 Å². The van der Waals surface area contributed by atoms with Crippen LogP contribution >= 0.6 is 0 Å². The van der Waals surface area contributed by atoms with Gasteiger partial charge in [0.2, 0.25) is 5.92 Å². The van der Waals surface area contributed by atoms with Crippen molar-refractivity contribution >= 4 is 33.2 Å². The van der Waals surface area contributed by atoms with E-state index in [1.165, 1.54) is 12.3 Å². The number of halogens is 2. The summed E-state index contributed by atoms with van der Waals surface area (Å²) in [6.45, 7) is 9.13. The highest BCUT2D eigenvalue weighted by molar-refractivity contribution is 7.93. The van der Waals surface area contributed by atoms with E-state index in [1.54, 1.807) is 49.9 Å². The molecule has 1 saturated heterocycles. The summed E-state index contributed by atoms with van der Waals surface area (Å²) >= 11 is 0. The highest BCUT2D eigenvalue weighted by atomic mass is 32.2. The fourth-order valence-electron chi connectivity index (χ4n) is 3.86. The maximum atomic E-state index is 14.0. The number of carbonyl (C=O) groups excluding carboxylic acids is 2. The zero-order valence-corrected chi connectivity index (χ0v) is 22.9.